The van der Waals surface area contributed by atoms with Crippen molar-refractivity contribution in [3.63, 3.8) is 0 Å². The lowest BCUT2D eigenvalue weighted by atomic mass is 10.0. The number of aliphatic carboxylic acids is 1. The number of carbonyl (C=O) groups excluding carboxylic acids is 1. The van der Waals surface area contributed by atoms with Gasteiger partial charge in [-0.3, -0.25) is 9.78 Å². The number of nitrogens with zero attached hydrogens (tertiary/aromatic N) is 4. The monoisotopic (exact) mass is 449 g/mol. The summed E-state index contributed by atoms with van der Waals surface area (Å²) in [7, 11) is 0. The van der Waals surface area contributed by atoms with Crippen molar-refractivity contribution in [2.24, 2.45) is 0 Å². The van der Waals surface area contributed by atoms with E-state index in [0.29, 0.717) is 36.3 Å². The van der Waals surface area contributed by atoms with Crippen LogP contribution in [0.2, 0.25) is 0 Å². The van der Waals surface area contributed by atoms with Crippen molar-refractivity contribution in [3.8, 4) is 0 Å². The van der Waals surface area contributed by atoms with Crippen molar-refractivity contribution in [1.29, 1.82) is 0 Å². The van der Waals surface area contributed by atoms with Gasteiger partial charge in [0.1, 0.15) is 17.3 Å². The molecule has 0 radical (unpaired) electrons. The van der Waals surface area contributed by atoms with Crippen LogP contribution in [0.4, 0.5) is 10.6 Å². The molecule has 3 aromatic heterocycles. The van der Waals surface area contributed by atoms with Gasteiger partial charge in [-0.25, -0.2) is 9.78 Å². The lowest BCUT2D eigenvalue weighted by Gasteiger charge is -2.22. The number of nitrogens with one attached hydrogen (secondary N) is 1. The molecule has 3 aromatic rings. The van der Waals surface area contributed by atoms with Gasteiger partial charge >= 0.3 is 12.0 Å². The van der Waals surface area contributed by atoms with Gasteiger partial charge in [0.05, 0.1) is 6.26 Å². The summed E-state index contributed by atoms with van der Waals surface area (Å²) in [4.78, 5) is 37.3. The zero-order valence-corrected chi connectivity index (χ0v) is 18.4. The largest absolute Gasteiger partial charge is 0.481 e. The van der Waals surface area contributed by atoms with E-state index in [1.54, 1.807) is 28.1 Å². The molecule has 0 spiro atoms. The predicted octanol–water partition coefficient (Wildman–Crippen LogP) is 3.12. The molecule has 1 saturated heterocycles. The molecule has 0 saturated carbocycles. The van der Waals surface area contributed by atoms with E-state index in [9.17, 15) is 14.7 Å². The Morgan fingerprint density at radius 1 is 1.24 bits per heavy atom. The summed E-state index contributed by atoms with van der Waals surface area (Å²) in [6.45, 7) is 2.81. The van der Waals surface area contributed by atoms with E-state index in [1.807, 2.05) is 0 Å². The third-order valence-corrected chi connectivity index (χ3v) is 6.42. The Bertz CT molecular complexity index is 1180. The third-order valence-electron chi connectivity index (χ3n) is 6.42. The lowest BCUT2D eigenvalue weighted by molar-refractivity contribution is -0.139. The van der Waals surface area contributed by atoms with Crippen LogP contribution in [0.5, 0.6) is 0 Å². The number of carboxylic acid groups (broad SMARTS) is 1. The Morgan fingerprint density at radius 3 is 3.00 bits per heavy atom. The summed E-state index contributed by atoms with van der Waals surface area (Å²) in [5.41, 5.74) is 4.04. The van der Waals surface area contributed by atoms with Gasteiger partial charge < -0.3 is 24.6 Å². The number of aryl methyl sites for hydroxylation is 2. The van der Waals surface area contributed by atoms with E-state index < -0.39 is 11.9 Å². The Balaban J connectivity index is 1.17. The highest BCUT2D eigenvalue weighted by molar-refractivity contribution is 5.81. The van der Waals surface area contributed by atoms with Crippen LogP contribution in [0.3, 0.4) is 0 Å². The summed E-state index contributed by atoms with van der Waals surface area (Å²) in [6.07, 6.45) is 6.89. The van der Waals surface area contributed by atoms with Gasteiger partial charge in [-0.15, -0.1) is 0 Å². The quantitative estimate of drug-likeness (QED) is 0.543. The second kappa shape index (κ2) is 9.09. The fourth-order valence-electron chi connectivity index (χ4n) is 4.57. The highest BCUT2D eigenvalue weighted by atomic mass is 16.4. The Morgan fingerprint density at radius 2 is 2.12 bits per heavy atom. The average molecular weight is 450 g/mol. The van der Waals surface area contributed by atoms with Crippen LogP contribution in [0, 0.1) is 0 Å². The zero-order valence-electron chi connectivity index (χ0n) is 18.4. The molecule has 2 N–H and O–H groups in total. The van der Waals surface area contributed by atoms with E-state index in [2.05, 4.69) is 22.4 Å². The summed E-state index contributed by atoms with van der Waals surface area (Å²) in [6, 6.07) is 7.53. The molecular formula is C24H27N5O4. The maximum absolute atomic E-state index is 12.9. The maximum atomic E-state index is 12.9. The highest BCUT2D eigenvalue weighted by Gasteiger charge is 2.33. The van der Waals surface area contributed by atoms with Crippen molar-refractivity contribution in [2.75, 3.05) is 38.0 Å². The van der Waals surface area contributed by atoms with Gasteiger partial charge in [0.25, 0.3) is 0 Å². The van der Waals surface area contributed by atoms with Crippen LogP contribution in [0.15, 0.2) is 41.1 Å². The number of hydrogen-bond donors (Lipinski definition) is 2. The molecule has 5 rings (SSSR count). The molecule has 0 aliphatic carbocycles. The van der Waals surface area contributed by atoms with Crippen molar-refractivity contribution in [3.05, 3.63) is 53.5 Å². The molecule has 2 amide bonds. The van der Waals surface area contributed by atoms with E-state index >= 15 is 0 Å². The van der Waals surface area contributed by atoms with E-state index in [-0.39, 0.29) is 12.6 Å². The smallest absolute Gasteiger partial charge is 0.320 e. The van der Waals surface area contributed by atoms with Gasteiger partial charge in [0.2, 0.25) is 0 Å². The lowest BCUT2D eigenvalue weighted by Crippen LogP contribution is -2.36. The van der Waals surface area contributed by atoms with E-state index in [4.69, 9.17) is 9.40 Å². The zero-order chi connectivity index (χ0) is 22.8. The molecule has 1 atom stereocenters. The summed E-state index contributed by atoms with van der Waals surface area (Å²) < 4.78 is 5.35. The number of urea groups is 1. The normalized spacial score (nSPS) is 16.7. The third kappa shape index (κ3) is 4.48. The fourth-order valence-corrected chi connectivity index (χ4v) is 4.57. The van der Waals surface area contributed by atoms with E-state index in [0.717, 1.165) is 43.7 Å². The molecule has 172 valence electrons. The fraction of sp³-hybridized carbons (Fsp3) is 0.417. The molecule has 9 nitrogen and oxygen atoms in total. The molecular weight excluding hydrogens is 422 g/mol. The van der Waals surface area contributed by atoms with Crippen LogP contribution in [-0.2, 0) is 17.6 Å². The molecule has 2 aliphatic heterocycles. The van der Waals surface area contributed by atoms with Crippen LogP contribution in [0.25, 0.3) is 11.1 Å². The first-order chi connectivity index (χ1) is 16.1. The van der Waals surface area contributed by atoms with Crippen LogP contribution in [-0.4, -0.2) is 69.6 Å². The number of fused-ring (bicyclic) bond motifs is 2. The number of hydrogen-bond acceptors (Lipinski definition) is 6. The molecule has 0 aromatic carbocycles. The number of pyridine rings is 2. The van der Waals surface area contributed by atoms with Crippen LogP contribution >= 0.6 is 0 Å². The molecule has 0 unspecified atom stereocenters. The molecule has 33 heavy (non-hydrogen) atoms. The number of carbonyl (C=O) groups is 2. The van der Waals surface area contributed by atoms with Crippen molar-refractivity contribution >= 4 is 28.9 Å². The first-order valence-electron chi connectivity index (χ1n) is 11.4. The van der Waals surface area contributed by atoms with E-state index in [1.165, 1.54) is 11.8 Å². The average Bonchev–Trinajstić information content (AvgIpc) is 3.43. The summed E-state index contributed by atoms with van der Waals surface area (Å²) >= 11 is 0. The van der Waals surface area contributed by atoms with Gasteiger partial charge in [-0.1, -0.05) is 6.07 Å². The topological polar surface area (TPSA) is 112 Å². The van der Waals surface area contributed by atoms with Crippen molar-refractivity contribution in [2.45, 2.75) is 31.6 Å². The van der Waals surface area contributed by atoms with Gasteiger partial charge in [-0.2, -0.15) is 0 Å². The van der Waals surface area contributed by atoms with Crippen LogP contribution < -0.4 is 5.32 Å². The second-order valence-electron chi connectivity index (χ2n) is 8.62. The van der Waals surface area contributed by atoms with Gasteiger partial charge in [0, 0.05) is 50.7 Å². The minimum Gasteiger partial charge on any atom is -0.481 e. The van der Waals surface area contributed by atoms with Crippen LogP contribution in [0.1, 0.15) is 35.6 Å². The standard InChI is InChI=1S/C24H27N5O4/c30-23(31)19(17-13-21-20(26-14-17)7-12-33-21)15-29-11-10-28(24(29)32)9-2-4-18-6-5-16-3-1-8-25-22(16)27-18/h5-7,12-14,19H,1-4,8-11,15H2,(H,25,27)(H,30,31)/t19-/m1/s1. The number of carboxylic acids is 1. The molecule has 1 fully saturated rings. The maximum Gasteiger partial charge on any atom is 0.320 e. The Kier molecular flexibility index (Phi) is 5.85. The first kappa shape index (κ1) is 21.2. The number of amides is 2. The van der Waals surface area contributed by atoms with Crippen molar-refractivity contribution in [1.82, 2.24) is 19.8 Å². The SMILES string of the molecule is O=C(O)[C@H](CN1CCN(CCCc2ccc3c(n2)NCCC3)C1=O)c1cnc2ccoc2c1. The van der Waals surface area contributed by atoms with Gasteiger partial charge in [-0.05, 0) is 48.9 Å². The number of aromatic nitrogens is 2. The first-order valence-corrected chi connectivity index (χ1v) is 11.4. The molecule has 0 bridgehead atoms. The second-order valence-corrected chi connectivity index (χ2v) is 8.62. The Hall–Kier alpha value is -3.62. The number of anilines is 1. The summed E-state index contributed by atoms with van der Waals surface area (Å²) in [5, 5.41) is 13.1. The Labute approximate surface area is 191 Å². The highest BCUT2D eigenvalue weighted by Crippen LogP contribution is 2.24. The molecule has 5 heterocycles. The number of furan rings is 1. The van der Waals surface area contributed by atoms with Crippen molar-refractivity contribution < 1.29 is 19.1 Å². The number of rotatable bonds is 8. The minimum atomic E-state index is -0.985. The van der Waals surface area contributed by atoms with Gasteiger partial charge in [0.15, 0.2) is 5.58 Å². The summed E-state index contributed by atoms with van der Waals surface area (Å²) in [5.74, 6) is -0.853. The minimum absolute atomic E-state index is 0.108. The molecule has 2 aliphatic rings. The predicted molar refractivity (Wildman–Crippen MR) is 122 cm³/mol. The molecule has 9 heteroatoms.